The Kier molecular flexibility index (Phi) is 6.12. The first kappa shape index (κ1) is 21.8. The third kappa shape index (κ3) is 4.46. The summed E-state index contributed by atoms with van der Waals surface area (Å²) in [4.78, 5) is 13.0. The van der Waals surface area contributed by atoms with Crippen molar-refractivity contribution in [1.29, 1.82) is 0 Å². The molecule has 1 aliphatic rings. The number of amides is 1. The van der Waals surface area contributed by atoms with Gasteiger partial charge >= 0.3 is 0 Å². The van der Waals surface area contributed by atoms with Crippen molar-refractivity contribution in [1.82, 2.24) is 5.32 Å². The molecule has 0 saturated carbocycles. The molecule has 0 saturated heterocycles. The molecule has 0 bridgehead atoms. The summed E-state index contributed by atoms with van der Waals surface area (Å²) in [6, 6.07) is 10.1. The Bertz CT molecular complexity index is 1050. The minimum Gasteiger partial charge on any atom is -0.497 e. The molecule has 1 N–H and O–H groups in total. The van der Waals surface area contributed by atoms with Crippen LogP contribution in [-0.4, -0.2) is 47.4 Å². The summed E-state index contributed by atoms with van der Waals surface area (Å²) < 4.78 is 42.3. The SMILES string of the molecule is COc1ccc(OC)c([C@@H](C)NC(=O)[C@@H]2CN(S(C)(=O)=O)c3ccc(C)cc3O2)c1. The first-order chi connectivity index (χ1) is 14.1. The number of fused-ring (bicyclic) bond motifs is 1. The molecule has 2 aromatic rings. The molecular weight excluding hydrogens is 408 g/mol. The van der Waals surface area contributed by atoms with Gasteiger partial charge in [0.2, 0.25) is 10.0 Å². The van der Waals surface area contributed by atoms with E-state index in [0.29, 0.717) is 22.9 Å². The second-order valence-corrected chi connectivity index (χ2v) is 9.12. The molecule has 162 valence electrons. The van der Waals surface area contributed by atoms with Gasteiger partial charge in [0.15, 0.2) is 6.10 Å². The maximum absolute atomic E-state index is 13.0. The molecule has 0 fully saturated rings. The quantitative estimate of drug-likeness (QED) is 0.750. The van der Waals surface area contributed by atoms with Crippen LogP contribution in [0.2, 0.25) is 0 Å². The van der Waals surface area contributed by atoms with E-state index < -0.39 is 28.1 Å². The molecule has 2 aromatic carbocycles. The summed E-state index contributed by atoms with van der Waals surface area (Å²) in [5, 5.41) is 2.89. The lowest BCUT2D eigenvalue weighted by Crippen LogP contribution is -2.50. The Morgan fingerprint density at radius 3 is 2.57 bits per heavy atom. The molecule has 0 aromatic heterocycles. The molecule has 1 heterocycles. The van der Waals surface area contributed by atoms with Crippen LogP contribution in [-0.2, 0) is 14.8 Å². The smallest absolute Gasteiger partial charge is 0.263 e. The molecule has 3 rings (SSSR count). The van der Waals surface area contributed by atoms with Gasteiger partial charge in [0.05, 0.1) is 38.7 Å². The molecule has 0 unspecified atom stereocenters. The number of sulfonamides is 1. The number of benzene rings is 2. The third-order valence-corrected chi connectivity index (χ3v) is 6.09. The van der Waals surface area contributed by atoms with Gasteiger partial charge in [-0.3, -0.25) is 9.10 Å². The molecule has 0 spiro atoms. The van der Waals surface area contributed by atoms with Crippen molar-refractivity contribution in [2.45, 2.75) is 26.0 Å². The second kappa shape index (κ2) is 8.43. The zero-order valence-corrected chi connectivity index (χ0v) is 18.4. The van der Waals surface area contributed by atoms with E-state index >= 15 is 0 Å². The fraction of sp³-hybridized carbons (Fsp3) is 0.381. The van der Waals surface area contributed by atoms with Gasteiger partial charge in [-0.2, -0.15) is 0 Å². The fourth-order valence-electron chi connectivity index (χ4n) is 3.37. The van der Waals surface area contributed by atoms with Crippen LogP contribution in [0.1, 0.15) is 24.1 Å². The van der Waals surface area contributed by atoms with E-state index in [1.165, 1.54) is 4.31 Å². The van der Waals surface area contributed by atoms with Crippen molar-refractivity contribution < 1.29 is 27.4 Å². The van der Waals surface area contributed by atoms with Gasteiger partial charge < -0.3 is 19.5 Å². The lowest BCUT2D eigenvalue weighted by Gasteiger charge is -2.34. The summed E-state index contributed by atoms with van der Waals surface area (Å²) in [5.41, 5.74) is 2.06. The van der Waals surface area contributed by atoms with Crippen molar-refractivity contribution >= 4 is 21.6 Å². The fourth-order valence-corrected chi connectivity index (χ4v) is 4.29. The highest BCUT2D eigenvalue weighted by atomic mass is 32.2. The molecular formula is C21H26N2O6S. The zero-order chi connectivity index (χ0) is 22.1. The Balaban J connectivity index is 1.85. The average molecular weight is 435 g/mol. The lowest BCUT2D eigenvalue weighted by atomic mass is 10.1. The third-order valence-electron chi connectivity index (χ3n) is 4.94. The van der Waals surface area contributed by atoms with E-state index in [2.05, 4.69) is 5.32 Å². The van der Waals surface area contributed by atoms with Crippen LogP contribution < -0.4 is 23.8 Å². The Hall–Kier alpha value is -2.94. The number of carbonyl (C=O) groups is 1. The van der Waals surface area contributed by atoms with Gasteiger partial charge in [-0.1, -0.05) is 6.07 Å². The number of hydrogen-bond donors (Lipinski definition) is 1. The van der Waals surface area contributed by atoms with Crippen LogP contribution in [0.15, 0.2) is 36.4 Å². The van der Waals surface area contributed by atoms with Crippen LogP contribution in [0.25, 0.3) is 0 Å². The predicted molar refractivity (Wildman–Crippen MR) is 114 cm³/mol. The molecule has 0 aliphatic carbocycles. The highest BCUT2D eigenvalue weighted by Gasteiger charge is 2.35. The Morgan fingerprint density at radius 1 is 1.20 bits per heavy atom. The standard InChI is InChI=1S/C21H26N2O6S/c1-13-6-8-17-19(10-13)29-20(12-23(17)30(5,25)26)21(24)22-14(2)16-11-15(27-3)7-9-18(16)28-4/h6-11,14,20H,12H2,1-5H3,(H,22,24)/t14-,20+/m1/s1. The van der Waals surface area contributed by atoms with Crippen LogP contribution in [0.4, 0.5) is 5.69 Å². The Labute approximate surface area is 176 Å². The van der Waals surface area contributed by atoms with E-state index in [1.807, 2.05) is 13.8 Å². The number of nitrogens with one attached hydrogen (secondary N) is 1. The summed E-state index contributed by atoms with van der Waals surface area (Å²) >= 11 is 0. The Morgan fingerprint density at radius 2 is 1.93 bits per heavy atom. The normalized spacial score (nSPS) is 16.8. The van der Waals surface area contributed by atoms with Gasteiger partial charge in [0.1, 0.15) is 17.2 Å². The van der Waals surface area contributed by atoms with E-state index in [9.17, 15) is 13.2 Å². The highest BCUT2D eigenvalue weighted by Crippen LogP contribution is 2.36. The summed E-state index contributed by atoms with van der Waals surface area (Å²) in [5.74, 6) is 1.17. The number of methoxy groups -OCH3 is 2. The molecule has 1 aliphatic heterocycles. The van der Waals surface area contributed by atoms with Gasteiger partial charge in [-0.25, -0.2) is 8.42 Å². The maximum atomic E-state index is 13.0. The molecule has 30 heavy (non-hydrogen) atoms. The van der Waals surface area contributed by atoms with Crippen molar-refractivity contribution in [3.05, 3.63) is 47.5 Å². The van der Waals surface area contributed by atoms with E-state index in [4.69, 9.17) is 14.2 Å². The van der Waals surface area contributed by atoms with Crippen molar-refractivity contribution in [2.24, 2.45) is 0 Å². The molecule has 2 atom stereocenters. The number of carbonyl (C=O) groups excluding carboxylic acids is 1. The van der Waals surface area contributed by atoms with Crippen molar-refractivity contribution in [3.63, 3.8) is 0 Å². The molecule has 0 radical (unpaired) electrons. The first-order valence-electron chi connectivity index (χ1n) is 9.41. The van der Waals surface area contributed by atoms with E-state index in [-0.39, 0.29) is 6.54 Å². The van der Waals surface area contributed by atoms with Gasteiger partial charge in [-0.05, 0) is 49.7 Å². The number of aryl methyl sites for hydroxylation is 1. The number of hydrogen-bond acceptors (Lipinski definition) is 6. The number of nitrogens with zero attached hydrogens (tertiary/aromatic N) is 1. The minimum atomic E-state index is -3.58. The van der Waals surface area contributed by atoms with Crippen LogP contribution in [0.5, 0.6) is 17.2 Å². The largest absolute Gasteiger partial charge is 0.497 e. The number of anilines is 1. The highest BCUT2D eigenvalue weighted by molar-refractivity contribution is 7.92. The average Bonchev–Trinajstić information content (AvgIpc) is 2.71. The lowest BCUT2D eigenvalue weighted by molar-refractivity contribution is -0.128. The predicted octanol–water partition coefficient (Wildman–Crippen LogP) is 2.42. The van der Waals surface area contributed by atoms with Gasteiger partial charge in [-0.15, -0.1) is 0 Å². The first-order valence-corrected chi connectivity index (χ1v) is 11.3. The summed E-state index contributed by atoms with van der Waals surface area (Å²) in [6.07, 6.45) is 0.119. The topological polar surface area (TPSA) is 94.2 Å². The van der Waals surface area contributed by atoms with E-state index in [0.717, 1.165) is 17.4 Å². The summed E-state index contributed by atoms with van der Waals surface area (Å²) in [6.45, 7) is 3.57. The zero-order valence-electron chi connectivity index (χ0n) is 17.6. The van der Waals surface area contributed by atoms with Crippen LogP contribution in [0.3, 0.4) is 0 Å². The second-order valence-electron chi connectivity index (χ2n) is 7.21. The molecule has 1 amide bonds. The van der Waals surface area contributed by atoms with Crippen LogP contribution >= 0.6 is 0 Å². The molecule has 8 nitrogen and oxygen atoms in total. The van der Waals surface area contributed by atoms with Gasteiger partial charge in [0, 0.05) is 5.56 Å². The monoisotopic (exact) mass is 434 g/mol. The maximum Gasteiger partial charge on any atom is 0.263 e. The van der Waals surface area contributed by atoms with Crippen molar-refractivity contribution in [2.75, 3.05) is 31.3 Å². The number of rotatable bonds is 6. The van der Waals surface area contributed by atoms with Gasteiger partial charge in [0.25, 0.3) is 5.91 Å². The minimum absolute atomic E-state index is 0.108. The summed E-state index contributed by atoms with van der Waals surface area (Å²) in [7, 11) is -0.474. The molecule has 9 heteroatoms. The van der Waals surface area contributed by atoms with E-state index in [1.54, 1.807) is 50.6 Å². The van der Waals surface area contributed by atoms with Crippen molar-refractivity contribution in [3.8, 4) is 17.2 Å². The van der Waals surface area contributed by atoms with Crippen LogP contribution in [0, 0.1) is 6.92 Å². The number of ether oxygens (including phenoxy) is 3.